The Hall–Kier alpha value is -2.04. The van der Waals surface area contributed by atoms with Crippen LogP contribution in [0.15, 0.2) is 30.3 Å². The zero-order valence-corrected chi connectivity index (χ0v) is 22.0. The first-order chi connectivity index (χ1) is 18.1. The van der Waals surface area contributed by atoms with Gasteiger partial charge in [-0.05, 0) is 12.8 Å². The van der Waals surface area contributed by atoms with E-state index in [0.717, 1.165) is 44.1 Å². The van der Waals surface area contributed by atoms with Gasteiger partial charge in [-0.25, -0.2) is 0 Å². The van der Waals surface area contributed by atoms with Gasteiger partial charge in [0.25, 0.3) is 0 Å². The molecule has 3 heterocycles. The average Bonchev–Trinajstić information content (AvgIpc) is 3.74. The summed E-state index contributed by atoms with van der Waals surface area (Å²) in [5.74, 6) is -0.449. The van der Waals surface area contributed by atoms with Crippen LogP contribution in [0.25, 0.3) is 0 Å². The first-order valence-electron chi connectivity index (χ1n) is 13.8. The number of nitrogens with one attached hydrogen (secondary N) is 1. The fraction of sp³-hybridized carbons (Fsp3) is 0.714. The molecule has 4 rings (SSSR count). The topological polar surface area (TPSA) is 105 Å². The molecule has 0 bridgehead atoms. The highest BCUT2D eigenvalue weighted by Crippen LogP contribution is 2.36. The number of hydrogen-bond acceptors (Lipinski definition) is 8. The second-order valence-electron chi connectivity index (χ2n) is 9.97. The molecule has 206 valence electrons. The number of carbonyl (C=O) groups excluding carboxylic acids is 2. The van der Waals surface area contributed by atoms with E-state index in [1.165, 1.54) is 0 Å². The van der Waals surface area contributed by atoms with Gasteiger partial charge in [-0.2, -0.15) is 0 Å². The number of carbonyl (C=O) groups is 2. The largest absolute Gasteiger partial charge is 0.457 e. The molecule has 9 nitrogen and oxygen atoms in total. The molecule has 3 aliphatic heterocycles. The number of epoxide rings is 1. The van der Waals surface area contributed by atoms with Crippen LogP contribution in [0.4, 0.5) is 0 Å². The highest BCUT2D eigenvalue weighted by atomic mass is 16.8. The minimum Gasteiger partial charge on any atom is -0.457 e. The van der Waals surface area contributed by atoms with Crippen molar-refractivity contribution in [3.8, 4) is 0 Å². The van der Waals surface area contributed by atoms with Gasteiger partial charge in [0.2, 0.25) is 5.91 Å². The van der Waals surface area contributed by atoms with Gasteiger partial charge in [-0.15, -0.1) is 0 Å². The molecule has 3 aliphatic rings. The summed E-state index contributed by atoms with van der Waals surface area (Å²) in [6.45, 7) is 5.38. The maximum Gasteiger partial charge on any atom is 0.306 e. The van der Waals surface area contributed by atoms with E-state index in [1.807, 2.05) is 30.3 Å². The lowest BCUT2D eigenvalue weighted by Gasteiger charge is -2.48. The van der Waals surface area contributed by atoms with Crippen molar-refractivity contribution >= 4 is 11.9 Å². The van der Waals surface area contributed by atoms with Crippen LogP contribution in [0.3, 0.4) is 0 Å². The van der Waals surface area contributed by atoms with Crippen LogP contribution in [0, 0.1) is 0 Å². The third kappa shape index (κ3) is 8.22. The Bertz CT molecular complexity index is 848. The Morgan fingerprint density at radius 3 is 2.38 bits per heavy atom. The average molecular weight is 520 g/mol. The number of rotatable bonds is 14. The molecule has 0 aliphatic carbocycles. The molecule has 0 radical (unpaired) electrons. The lowest BCUT2D eigenvalue weighted by atomic mass is 9.95. The SMILES string of the molecule is CCCCCC(=O)N[C@H]1[C@H](OC[C@H]2CO2)O[C@@H]2COC(c3ccccc3)O[C@H]2[C@@H]1OC(=O)CCCCC. The second kappa shape index (κ2) is 14.2. The van der Waals surface area contributed by atoms with E-state index in [9.17, 15) is 9.59 Å². The predicted molar refractivity (Wildman–Crippen MR) is 134 cm³/mol. The lowest BCUT2D eigenvalue weighted by Crippen LogP contribution is -2.67. The van der Waals surface area contributed by atoms with Crippen molar-refractivity contribution in [3.05, 3.63) is 35.9 Å². The minimum atomic E-state index is -0.825. The van der Waals surface area contributed by atoms with E-state index in [2.05, 4.69) is 19.2 Å². The molecule has 0 aromatic heterocycles. The molecule has 1 unspecified atom stereocenters. The van der Waals surface area contributed by atoms with E-state index in [1.54, 1.807) is 0 Å². The molecule has 37 heavy (non-hydrogen) atoms. The van der Waals surface area contributed by atoms with Gasteiger partial charge in [0.1, 0.15) is 24.4 Å². The summed E-state index contributed by atoms with van der Waals surface area (Å²) in [5, 5.41) is 3.05. The highest BCUT2D eigenvalue weighted by Gasteiger charge is 2.53. The van der Waals surface area contributed by atoms with Crippen molar-refractivity contribution in [2.75, 3.05) is 19.8 Å². The van der Waals surface area contributed by atoms with Gasteiger partial charge in [-0.3, -0.25) is 9.59 Å². The fourth-order valence-corrected chi connectivity index (χ4v) is 4.68. The number of hydrogen-bond donors (Lipinski definition) is 1. The van der Waals surface area contributed by atoms with Crippen molar-refractivity contribution in [1.29, 1.82) is 0 Å². The minimum absolute atomic E-state index is 0.0126. The zero-order chi connectivity index (χ0) is 26.0. The zero-order valence-electron chi connectivity index (χ0n) is 22.0. The molecule has 9 heteroatoms. The number of amides is 1. The number of benzene rings is 1. The summed E-state index contributed by atoms with van der Waals surface area (Å²) in [6.07, 6.45) is 2.76. The molecule has 3 saturated heterocycles. The van der Waals surface area contributed by atoms with Crippen LogP contribution >= 0.6 is 0 Å². The van der Waals surface area contributed by atoms with Crippen molar-refractivity contribution < 1.29 is 38.0 Å². The lowest BCUT2D eigenvalue weighted by molar-refractivity contribution is -0.345. The Labute approximate surface area is 219 Å². The third-order valence-electron chi connectivity index (χ3n) is 6.85. The molecule has 1 N–H and O–H groups in total. The molecular formula is C28H41NO8. The van der Waals surface area contributed by atoms with Crippen molar-refractivity contribution in [1.82, 2.24) is 5.32 Å². The van der Waals surface area contributed by atoms with E-state index >= 15 is 0 Å². The van der Waals surface area contributed by atoms with Gasteiger partial charge in [0.15, 0.2) is 18.7 Å². The van der Waals surface area contributed by atoms with Gasteiger partial charge >= 0.3 is 5.97 Å². The number of unbranched alkanes of at least 4 members (excludes halogenated alkanes) is 4. The van der Waals surface area contributed by atoms with E-state index in [-0.39, 0.29) is 24.6 Å². The fourth-order valence-electron chi connectivity index (χ4n) is 4.68. The number of esters is 1. The van der Waals surface area contributed by atoms with Crippen LogP contribution < -0.4 is 5.32 Å². The summed E-state index contributed by atoms with van der Waals surface area (Å²) < 4.78 is 36.0. The summed E-state index contributed by atoms with van der Waals surface area (Å²) in [4.78, 5) is 25.8. The molecule has 0 spiro atoms. The standard InChI is InChI=1S/C28H41NO8/c1-3-5-8-14-22(30)29-24-26(36-23(31)15-9-6-4-2)25-21(35-28(24)33-17-20-16-32-20)18-34-27(37-25)19-12-10-7-11-13-19/h7,10-13,20-21,24-28H,3-6,8-9,14-18H2,1-2H3,(H,29,30)/t20-,21-,24-,25-,26-,27?,28-/m1/s1. The summed E-state index contributed by atoms with van der Waals surface area (Å²) in [7, 11) is 0. The van der Waals surface area contributed by atoms with Gasteiger partial charge in [0, 0.05) is 18.4 Å². The van der Waals surface area contributed by atoms with E-state index in [0.29, 0.717) is 26.1 Å². The van der Waals surface area contributed by atoms with Crippen LogP contribution in [0.5, 0.6) is 0 Å². The van der Waals surface area contributed by atoms with Crippen molar-refractivity contribution in [2.24, 2.45) is 0 Å². The van der Waals surface area contributed by atoms with Gasteiger partial charge in [-0.1, -0.05) is 69.9 Å². The van der Waals surface area contributed by atoms with Crippen LogP contribution in [-0.2, 0) is 38.0 Å². The smallest absolute Gasteiger partial charge is 0.306 e. The molecule has 1 amide bonds. The maximum atomic E-state index is 12.9. The van der Waals surface area contributed by atoms with Crippen molar-refractivity contribution in [2.45, 2.75) is 108 Å². The summed E-state index contributed by atoms with van der Waals surface area (Å²) in [5.41, 5.74) is 0.860. The van der Waals surface area contributed by atoms with Crippen LogP contribution in [-0.4, -0.2) is 68.4 Å². The molecule has 1 aromatic rings. The van der Waals surface area contributed by atoms with Gasteiger partial charge < -0.3 is 33.7 Å². The number of fused-ring (bicyclic) bond motifs is 1. The quantitative estimate of drug-likeness (QED) is 0.225. The van der Waals surface area contributed by atoms with Gasteiger partial charge in [0.05, 0.1) is 19.8 Å². The molecule has 7 atom stereocenters. The Balaban J connectivity index is 1.54. The summed E-state index contributed by atoms with van der Waals surface area (Å²) in [6, 6.07) is 8.89. The van der Waals surface area contributed by atoms with E-state index < -0.39 is 36.9 Å². The normalized spacial score (nSPS) is 30.8. The van der Waals surface area contributed by atoms with Crippen LogP contribution in [0.1, 0.15) is 77.1 Å². The third-order valence-corrected chi connectivity index (χ3v) is 6.85. The molecule has 3 fully saturated rings. The maximum absolute atomic E-state index is 12.9. The van der Waals surface area contributed by atoms with E-state index in [4.69, 9.17) is 28.4 Å². The summed E-state index contributed by atoms with van der Waals surface area (Å²) >= 11 is 0. The number of ether oxygens (including phenoxy) is 6. The highest BCUT2D eigenvalue weighted by molar-refractivity contribution is 5.76. The second-order valence-corrected chi connectivity index (χ2v) is 9.97. The Morgan fingerprint density at radius 2 is 1.68 bits per heavy atom. The molecule has 0 saturated carbocycles. The Kier molecular flexibility index (Phi) is 10.7. The first kappa shape index (κ1) is 28.0. The van der Waals surface area contributed by atoms with Crippen molar-refractivity contribution in [3.63, 3.8) is 0 Å². The first-order valence-corrected chi connectivity index (χ1v) is 13.8. The molecule has 1 aromatic carbocycles. The molecular weight excluding hydrogens is 478 g/mol. The van der Waals surface area contributed by atoms with Crippen LogP contribution in [0.2, 0.25) is 0 Å². The monoisotopic (exact) mass is 519 g/mol. The Morgan fingerprint density at radius 1 is 0.946 bits per heavy atom. The predicted octanol–water partition coefficient (Wildman–Crippen LogP) is 3.80.